The van der Waals surface area contributed by atoms with Gasteiger partial charge in [0.25, 0.3) is 0 Å². The number of ether oxygens (including phenoxy) is 2. The van der Waals surface area contributed by atoms with Gasteiger partial charge < -0.3 is 29.7 Å². The van der Waals surface area contributed by atoms with Gasteiger partial charge in [-0.1, -0.05) is 13.8 Å². The van der Waals surface area contributed by atoms with Crippen molar-refractivity contribution < 1.29 is 14.6 Å². The largest absolute Gasteiger partial charge is 0.497 e. The first-order valence-corrected chi connectivity index (χ1v) is 15.5. The van der Waals surface area contributed by atoms with Crippen LogP contribution in [0.5, 0.6) is 11.5 Å². The van der Waals surface area contributed by atoms with Crippen molar-refractivity contribution >= 4 is 22.4 Å². The molecule has 44 heavy (non-hydrogen) atoms. The van der Waals surface area contributed by atoms with Crippen molar-refractivity contribution in [1.29, 1.82) is 0 Å². The van der Waals surface area contributed by atoms with E-state index in [1.807, 2.05) is 41.3 Å². The van der Waals surface area contributed by atoms with Gasteiger partial charge in [0.2, 0.25) is 0 Å². The summed E-state index contributed by atoms with van der Waals surface area (Å²) in [6, 6.07) is 12.5. The van der Waals surface area contributed by atoms with E-state index in [0.29, 0.717) is 6.04 Å². The molecule has 2 aromatic carbocycles. The number of nitrogens with zero attached hydrogens (tertiary/aromatic N) is 7. The van der Waals surface area contributed by atoms with E-state index in [1.165, 1.54) is 0 Å². The summed E-state index contributed by atoms with van der Waals surface area (Å²) in [5.74, 6) is 1.48. The lowest BCUT2D eigenvalue weighted by atomic mass is 10.2. The maximum Gasteiger partial charge on any atom is 0.124 e. The van der Waals surface area contributed by atoms with E-state index in [2.05, 4.69) is 57.3 Å². The van der Waals surface area contributed by atoms with E-state index in [4.69, 9.17) is 24.5 Å². The first-order valence-electron chi connectivity index (χ1n) is 15.5. The van der Waals surface area contributed by atoms with Crippen LogP contribution >= 0.6 is 0 Å². The Kier molecular flexibility index (Phi) is 11.0. The van der Waals surface area contributed by atoms with Gasteiger partial charge >= 0.3 is 0 Å². The van der Waals surface area contributed by atoms with Crippen LogP contribution in [0.25, 0.3) is 22.3 Å². The molecule has 0 amide bonds. The molecule has 5 rings (SSSR count). The van der Waals surface area contributed by atoms with Crippen LogP contribution in [-0.2, 0) is 6.54 Å². The zero-order valence-electron chi connectivity index (χ0n) is 26.4. The van der Waals surface area contributed by atoms with E-state index in [0.717, 1.165) is 110 Å². The molecular formula is C33H46N8O3. The van der Waals surface area contributed by atoms with E-state index in [1.54, 1.807) is 14.2 Å². The molecule has 1 saturated heterocycles. The second-order valence-electron chi connectivity index (χ2n) is 11.5. The van der Waals surface area contributed by atoms with Crippen LogP contribution in [0.2, 0.25) is 0 Å². The normalized spacial score (nSPS) is 14.4. The average Bonchev–Trinajstić information content (AvgIpc) is 3.52. The third kappa shape index (κ3) is 8.23. The van der Waals surface area contributed by atoms with Crippen molar-refractivity contribution in [3.63, 3.8) is 0 Å². The van der Waals surface area contributed by atoms with Gasteiger partial charge in [0.05, 0.1) is 49.9 Å². The Bertz CT molecular complexity index is 1460. The number of hydrogen-bond acceptors (Lipinski definition) is 10. The molecule has 0 radical (unpaired) electrons. The van der Waals surface area contributed by atoms with Gasteiger partial charge in [0.1, 0.15) is 11.5 Å². The molecule has 0 unspecified atom stereocenters. The molecule has 2 N–H and O–H groups in total. The Morgan fingerprint density at radius 1 is 0.886 bits per heavy atom. The summed E-state index contributed by atoms with van der Waals surface area (Å²) in [5.41, 5.74) is 5.41. The highest BCUT2D eigenvalue weighted by molar-refractivity contribution is 5.82. The number of methoxy groups -OCH3 is 2. The van der Waals surface area contributed by atoms with Gasteiger partial charge in [0.15, 0.2) is 0 Å². The predicted octanol–water partition coefficient (Wildman–Crippen LogP) is 3.65. The van der Waals surface area contributed by atoms with Gasteiger partial charge in [-0.05, 0) is 31.2 Å². The highest BCUT2D eigenvalue weighted by Gasteiger charge is 2.17. The molecule has 0 aliphatic carbocycles. The molecule has 0 spiro atoms. The molecule has 1 aliphatic rings. The number of aliphatic hydroxyl groups is 1. The van der Waals surface area contributed by atoms with Crippen molar-refractivity contribution in [2.45, 2.75) is 32.9 Å². The monoisotopic (exact) mass is 602 g/mol. The van der Waals surface area contributed by atoms with Gasteiger partial charge in [-0.15, -0.1) is 0 Å². The molecule has 2 aromatic heterocycles. The number of aliphatic hydroxyl groups excluding tert-OH is 1. The zero-order chi connectivity index (χ0) is 30.9. The molecule has 236 valence electrons. The zero-order valence-corrected chi connectivity index (χ0v) is 26.4. The van der Waals surface area contributed by atoms with Crippen molar-refractivity contribution in [3.8, 4) is 22.8 Å². The lowest BCUT2D eigenvalue weighted by Crippen LogP contribution is -2.47. The molecule has 0 atom stereocenters. The van der Waals surface area contributed by atoms with Crippen molar-refractivity contribution in [2.75, 3.05) is 78.1 Å². The molecule has 3 heterocycles. The Hall–Kier alpha value is -3.77. The number of fused-ring (bicyclic) bond motifs is 1. The third-order valence-corrected chi connectivity index (χ3v) is 8.05. The number of β-amino-alcohol motifs (C(OH)–C–C–N with tert-alkyl or cyclic N) is 1. The Morgan fingerprint density at radius 2 is 1.61 bits per heavy atom. The standard InChI is InChI=1S/C33H46N8O3/c1-25(2)34-8-11-41(28-18-29(43-3)21-30(19-28)44-4)27-6-7-31-32(20-27)37-33(23-35-31)26-22-36-40(24-26)10-5-9-38-12-14-39(15-13-38)16-17-42/h6-7,18-25,34,42H,5,8-17H2,1-4H3. The highest BCUT2D eigenvalue weighted by atomic mass is 16.5. The Labute approximate surface area is 260 Å². The maximum atomic E-state index is 9.16. The van der Waals surface area contributed by atoms with Gasteiger partial charge in [-0.2, -0.15) is 5.10 Å². The molecule has 0 bridgehead atoms. The summed E-state index contributed by atoms with van der Waals surface area (Å²) in [5, 5.41) is 17.3. The second-order valence-corrected chi connectivity index (χ2v) is 11.5. The van der Waals surface area contributed by atoms with Crippen LogP contribution in [0.3, 0.4) is 0 Å². The third-order valence-electron chi connectivity index (χ3n) is 8.05. The van der Waals surface area contributed by atoms with Crippen LogP contribution in [0.15, 0.2) is 55.0 Å². The SMILES string of the molecule is COc1cc(OC)cc(N(CCNC(C)C)c2ccc3ncc(-c4cnn(CCCN5CCN(CCO)CC5)c4)nc3c2)c1. The fourth-order valence-electron chi connectivity index (χ4n) is 5.58. The number of piperazine rings is 1. The van der Waals surface area contributed by atoms with Crippen LogP contribution in [0, 0.1) is 0 Å². The number of anilines is 2. The maximum absolute atomic E-state index is 9.16. The van der Waals surface area contributed by atoms with E-state index >= 15 is 0 Å². The average molecular weight is 603 g/mol. The summed E-state index contributed by atoms with van der Waals surface area (Å²) < 4.78 is 13.1. The molecule has 1 fully saturated rings. The topological polar surface area (TPSA) is 104 Å². The molecule has 11 nitrogen and oxygen atoms in total. The minimum absolute atomic E-state index is 0.234. The van der Waals surface area contributed by atoms with Crippen LogP contribution in [0.1, 0.15) is 20.3 Å². The molecule has 11 heteroatoms. The van der Waals surface area contributed by atoms with Gasteiger partial charge in [-0.25, -0.2) is 4.98 Å². The Morgan fingerprint density at radius 3 is 2.30 bits per heavy atom. The summed E-state index contributed by atoms with van der Waals surface area (Å²) in [7, 11) is 3.34. The second kappa shape index (κ2) is 15.3. The lowest BCUT2D eigenvalue weighted by molar-refractivity contribution is 0.111. The molecular weight excluding hydrogens is 556 g/mol. The molecule has 0 saturated carbocycles. The first kappa shape index (κ1) is 31.6. The van der Waals surface area contributed by atoms with Crippen LogP contribution in [-0.4, -0.2) is 114 Å². The van der Waals surface area contributed by atoms with Crippen molar-refractivity contribution in [2.24, 2.45) is 0 Å². The number of nitrogens with one attached hydrogen (secondary N) is 1. The van der Waals surface area contributed by atoms with E-state index in [9.17, 15) is 0 Å². The lowest BCUT2D eigenvalue weighted by Gasteiger charge is -2.34. The molecule has 1 aliphatic heterocycles. The number of hydrogen-bond donors (Lipinski definition) is 2. The fraction of sp³-hybridized carbons (Fsp3) is 0.485. The van der Waals surface area contributed by atoms with Crippen molar-refractivity contribution in [1.82, 2.24) is 34.9 Å². The summed E-state index contributed by atoms with van der Waals surface area (Å²) in [4.78, 5) is 16.8. The minimum atomic E-state index is 0.234. The van der Waals surface area contributed by atoms with Crippen LogP contribution in [0.4, 0.5) is 11.4 Å². The summed E-state index contributed by atoms with van der Waals surface area (Å²) >= 11 is 0. The number of rotatable bonds is 15. The number of aromatic nitrogens is 4. The number of aryl methyl sites for hydroxylation is 1. The predicted molar refractivity (Wildman–Crippen MR) is 175 cm³/mol. The fourth-order valence-corrected chi connectivity index (χ4v) is 5.58. The van der Waals surface area contributed by atoms with Crippen molar-refractivity contribution in [3.05, 3.63) is 55.0 Å². The minimum Gasteiger partial charge on any atom is -0.497 e. The van der Waals surface area contributed by atoms with E-state index in [-0.39, 0.29) is 6.61 Å². The summed E-state index contributed by atoms with van der Waals surface area (Å²) in [6.07, 6.45) is 6.79. The first-order chi connectivity index (χ1) is 21.4. The Balaban J connectivity index is 1.30. The highest BCUT2D eigenvalue weighted by Crippen LogP contribution is 2.34. The van der Waals surface area contributed by atoms with Gasteiger partial charge in [0, 0.05) is 99.7 Å². The number of benzene rings is 2. The van der Waals surface area contributed by atoms with Crippen LogP contribution < -0.4 is 19.7 Å². The quantitative estimate of drug-likeness (QED) is 0.210. The van der Waals surface area contributed by atoms with Gasteiger partial charge in [-0.3, -0.25) is 14.6 Å². The summed E-state index contributed by atoms with van der Waals surface area (Å²) in [6.45, 7) is 12.9. The smallest absolute Gasteiger partial charge is 0.124 e. The van der Waals surface area contributed by atoms with E-state index < -0.39 is 0 Å². The molecule has 4 aromatic rings.